The molecule has 0 atom stereocenters. The molecule has 6 heteroatoms. The second kappa shape index (κ2) is 8.42. The van der Waals surface area contributed by atoms with Crippen molar-refractivity contribution in [2.24, 2.45) is 0 Å². The van der Waals surface area contributed by atoms with E-state index in [0.717, 1.165) is 24.6 Å². The van der Waals surface area contributed by atoms with Crippen LogP contribution < -0.4 is 10.8 Å². The zero-order chi connectivity index (χ0) is 18.4. The van der Waals surface area contributed by atoms with Gasteiger partial charge in [0.15, 0.2) is 0 Å². The highest BCUT2D eigenvalue weighted by atomic mass is 19.1. The molecule has 0 fully saturated rings. The lowest BCUT2D eigenvalue weighted by molar-refractivity contribution is -0.124. The summed E-state index contributed by atoms with van der Waals surface area (Å²) in [5.41, 5.74) is 4.95. The van der Waals surface area contributed by atoms with Crippen LogP contribution in [-0.2, 0) is 17.8 Å². The van der Waals surface area contributed by atoms with Crippen molar-refractivity contribution in [3.63, 3.8) is 0 Å². The Hall–Kier alpha value is -2.96. The molecule has 5 nitrogen and oxygen atoms in total. The van der Waals surface area contributed by atoms with E-state index in [1.165, 1.54) is 28.6 Å². The van der Waals surface area contributed by atoms with Crippen LogP contribution in [0.15, 0.2) is 54.7 Å². The van der Waals surface area contributed by atoms with Crippen molar-refractivity contribution >= 4 is 22.9 Å². The van der Waals surface area contributed by atoms with Crippen molar-refractivity contribution in [1.29, 1.82) is 0 Å². The van der Waals surface area contributed by atoms with Gasteiger partial charge in [-0.25, -0.2) is 9.87 Å². The number of hydroxylamine groups is 1. The normalized spacial score (nSPS) is 11.3. The molecule has 2 aromatic carbocycles. The number of carbonyl (C=O) groups is 1. The van der Waals surface area contributed by atoms with Crippen molar-refractivity contribution in [1.82, 2.24) is 15.8 Å². The highest BCUT2D eigenvalue weighted by molar-refractivity contribution is 5.90. The topological polar surface area (TPSA) is 77.2 Å². The zero-order valence-electron chi connectivity index (χ0n) is 14.1. The van der Waals surface area contributed by atoms with E-state index >= 15 is 0 Å². The minimum atomic E-state index is -0.659. The molecule has 134 valence electrons. The van der Waals surface area contributed by atoms with Crippen molar-refractivity contribution < 1.29 is 14.4 Å². The molecule has 1 heterocycles. The van der Waals surface area contributed by atoms with Gasteiger partial charge < -0.3 is 10.3 Å². The molecule has 3 rings (SSSR count). The molecular formula is C20H20FN3O2. The third-order valence-electron chi connectivity index (χ3n) is 4.18. The Kier molecular flexibility index (Phi) is 5.78. The number of halogens is 1. The van der Waals surface area contributed by atoms with Crippen molar-refractivity contribution in [3.05, 3.63) is 77.2 Å². The average Bonchev–Trinajstić information content (AvgIpc) is 3.07. The summed E-state index contributed by atoms with van der Waals surface area (Å²) >= 11 is 0. The highest BCUT2D eigenvalue weighted by Gasteiger charge is 2.05. The van der Waals surface area contributed by atoms with E-state index < -0.39 is 5.91 Å². The predicted octanol–water partition coefficient (Wildman–Crippen LogP) is 3.16. The number of carbonyl (C=O) groups excluding carboxylic acids is 1. The number of benzene rings is 2. The number of nitrogens with one attached hydrogen (secondary N) is 3. The Bertz CT molecular complexity index is 934. The minimum Gasteiger partial charge on any atom is -0.361 e. The van der Waals surface area contributed by atoms with Crippen LogP contribution in [0.25, 0.3) is 17.0 Å². The van der Waals surface area contributed by atoms with E-state index in [4.69, 9.17) is 5.21 Å². The Labute approximate surface area is 150 Å². The zero-order valence-corrected chi connectivity index (χ0v) is 14.1. The maximum absolute atomic E-state index is 14.1. The smallest absolute Gasteiger partial charge is 0.267 e. The van der Waals surface area contributed by atoms with Gasteiger partial charge in [-0.05, 0) is 42.3 Å². The average molecular weight is 353 g/mol. The second-order valence-electron chi connectivity index (χ2n) is 5.95. The number of aromatic amines is 1. The first-order valence-corrected chi connectivity index (χ1v) is 8.33. The Morgan fingerprint density at radius 3 is 2.85 bits per heavy atom. The molecule has 0 aliphatic carbocycles. The monoisotopic (exact) mass is 353 g/mol. The fourth-order valence-electron chi connectivity index (χ4n) is 2.80. The molecule has 1 aromatic heterocycles. The molecule has 0 radical (unpaired) electrons. The van der Waals surface area contributed by atoms with Crippen LogP contribution in [0, 0.1) is 5.82 Å². The van der Waals surface area contributed by atoms with E-state index in [0.29, 0.717) is 17.7 Å². The lowest BCUT2D eigenvalue weighted by atomic mass is 10.1. The Morgan fingerprint density at radius 1 is 1.19 bits per heavy atom. The number of rotatable bonds is 7. The quantitative estimate of drug-likeness (QED) is 0.228. The summed E-state index contributed by atoms with van der Waals surface area (Å²) in [6.45, 7) is 1.16. The van der Waals surface area contributed by atoms with Gasteiger partial charge in [0.1, 0.15) is 5.82 Å². The Balaban J connectivity index is 1.53. The van der Waals surface area contributed by atoms with E-state index in [1.807, 2.05) is 24.4 Å². The molecule has 0 unspecified atom stereocenters. The van der Waals surface area contributed by atoms with Crippen LogP contribution in [0.3, 0.4) is 0 Å². The summed E-state index contributed by atoms with van der Waals surface area (Å²) in [4.78, 5) is 14.2. The van der Waals surface area contributed by atoms with Gasteiger partial charge in [-0.2, -0.15) is 0 Å². The maximum atomic E-state index is 14.1. The summed E-state index contributed by atoms with van der Waals surface area (Å²) in [5, 5.41) is 12.9. The third kappa shape index (κ3) is 4.36. The molecule has 0 saturated carbocycles. The van der Waals surface area contributed by atoms with Crippen molar-refractivity contribution in [3.8, 4) is 0 Å². The number of hydrogen-bond acceptors (Lipinski definition) is 3. The number of amides is 1. The maximum Gasteiger partial charge on any atom is 0.267 e. The van der Waals surface area contributed by atoms with Gasteiger partial charge in [0, 0.05) is 35.3 Å². The standard InChI is InChI=1S/C20H20FN3O2/c21-18-11-14(6-8-20(25)24-26)5-7-16(18)12-22-10-9-15-13-23-19-4-2-1-3-17(15)19/h1-8,11,13,22-23,26H,9-10,12H2,(H,24,25)/b8-6+. The van der Waals surface area contributed by atoms with E-state index in [-0.39, 0.29) is 5.82 Å². The molecule has 0 bridgehead atoms. The fraction of sp³-hybridized carbons (Fsp3) is 0.150. The molecule has 0 aliphatic rings. The fourth-order valence-corrected chi connectivity index (χ4v) is 2.80. The van der Waals surface area contributed by atoms with Gasteiger partial charge in [-0.3, -0.25) is 10.0 Å². The van der Waals surface area contributed by atoms with E-state index in [1.54, 1.807) is 12.1 Å². The van der Waals surface area contributed by atoms with E-state index in [9.17, 15) is 9.18 Å². The first-order chi connectivity index (χ1) is 12.7. The van der Waals surface area contributed by atoms with E-state index in [2.05, 4.69) is 16.4 Å². The molecular weight excluding hydrogens is 333 g/mol. The molecule has 3 aromatic rings. The molecule has 0 saturated heterocycles. The molecule has 0 aliphatic heterocycles. The number of fused-ring (bicyclic) bond motifs is 1. The number of aromatic nitrogens is 1. The predicted molar refractivity (Wildman–Crippen MR) is 99.1 cm³/mol. The first-order valence-electron chi connectivity index (χ1n) is 8.33. The number of para-hydroxylation sites is 1. The van der Waals surface area contributed by atoms with Crippen LogP contribution in [0.4, 0.5) is 4.39 Å². The summed E-state index contributed by atoms with van der Waals surface area (Å²) in [6, 6.07) is 12.9. The van der Waals surface area contributed by atoms with Gasteiger partial charge in [0.05, 0.1) is 0 Å². The largest absolute Gasteiger partial charge is 0.361 e. The van der Waals surface area contributed by atoms with Crippen LogP contribution in [-0.4, -0.2) is 22.6 Å². The van der Waals surface area contributed by atoms with Crippen LogP contribution >= 0.6 is 0 Å². The van der Waals surface area contributed by atoms with Gasteiger partial charge in [0.2, 0.25) is 0 Å². The summed E-state index contributed by atoms with van der Waals surface area (Å²) in [6.07, 6.45) is 5.43. The van der Waals surface area contributed by atoms with Crippen molar-refractivity contribution in [2.75, 3.05) is 6.54 Å². The van der Waals surface area contributed by atoms with Gasteiger partial charge >= 0.3 is 0 Å². The lowest BCUT2D eigenvalue weighted by Gasteiger charge is -2.07. The summed E-state index contributed by atoms with van der Waals surface area (Å²) < 4.78 is 14.1. The lowest BCUT2D eigenvalue weighted by Crippen LogP contribution is -2.17. The van der Waals surface area contributed by atoms with Crippen LogP contribution in [0.2, 0.25) is 0 Å². The second-order valence-corrected chi connectivity index (χ2v) is 5.95. The van der Waals surface area contributed by atoms with Crippen LogP contribution in [0.1, 0.15) is 16.7 Å². The molecule has 26 heavy (non-hydrogen) atoms. The van der Waals surface area contributed by atoms with Gasteiger partial charge in [0.25, 0.3) is 5.91 Å². The Morgan fingerprint density at radius 2 is 2.04 bits per heavy atom. The SMILES string of the molecule is O=C(/C=C/c1ccc(CNCCc2c[nH]c3ccccc23)c(F)c1)NO. The molecule has 4 N–H and O–H groups in total. The molecule has 0 spiro atoms. The van der Waals surface area contributed by atoms with Crippen LogP contribution in [0.5, 0.6) is 0 Å². The first kappa shape index (κ1) is 17.8. The molecule has 1 amide bonds. The number of H-pyrrole nitrogens is 1. The highest BCUT2D eigenvalue weighted by Crippen LogP contribution is 2.18. The minimum absolute atomic E-state index is 0.337. The van der Waals surface area contributed by atoms with Gasteiger partial charge in [-0.1, -0.05) is 30.3 Å². The van der Waals surface area contributed by atoms with Crippen molar-refractivity contribution in [2.45, 2.75) is 13.0 Å². The summed E-state index contributed by atoms with van der Waals surface area (Å²) in [5.74, 6) is -0.996. The van der Waals surface area contributed by atoms with Gasteiger partial charge in [-0.15, -0.1) is 0 Å². The third-order valence-corrected chi connectivity index (χ3v) is 4.18. The summed E-state index contributed by atoms with van der Waals surface area (Å²) in [7, 11) is 0. The number of hydrogen-bond donors (Lipinski definition) is 4.